The van der Waals surface area contributed by atoms with Crippen molar-refractivity contribution in [3.05, 3.63) is 90.0 Å². The second-order valence-corrected chi connectivity index (χ2v) is 9.21. The van der Waals surface area contributed by atoms with Gasteiger partial charge in [0.2, 0.25) is 0 Å². The molecular weight excluding hydrogens is 426 g/mol. The molecule has 5 nitrogen and oxygen atoms in total. The molecule has 0 spiro atoms. The number of carbonyl (C=O) groups excluding carboxylic acids is 2. The molecule has 0 saturated carbocycles. The molecule has 34 heavy (non-hydrogen) atoms. The average Bonchev–Trinajstić information content (AvgIpc) is 2.88. The molecule has 1 fully saturated rings. The lowest BCUT2D eigenvalue weighted by atomic mass is 9.90. The summed E-state index contributed by atoms with van der Waals surface area (Å²) in [4.78, 5) is 27.2. The number of hydrogen-bond donors (Lipinski definition) is 0. The lowest BCUT2D eigenvalue weighted by molar-refractivity contribution is -0.156. The van der Waals surface area contributed by atoms with E-state index in [1.165, 1.54) is 7.11 Å². The van der Waals surface area contributed by atoms with Crippen molar-refractivity contribution in [3.8, 4) is 16.9 Å². The number of carbonyl (C=O) groups is 2. The van der Waals surface area contributed by atoms with Crippen LogP contribution in [0.2, 0.25) is 0 Å². The average molecular weight is 458 g/mol. The molecule has 5 heteroatoms. The minimum atomic E-state index is -1.08. The molecule has 1 amide bonds. The van der Waals surface area contributed by atoms with Crippen molar-refractivity contribution < 1.29 is 19.1 Å². The Morgan fingerprint density at radius 3 is 2.32 bits per heavy atom. The highest BCUT2D eigenvalue weighted by Gasteiger charge is 2.31. The number of methoxy groups -OCH3 is 1. The molecule has 4 rings (SSSR count). The van der Waals surface area contributed by atoms with Crippen molar-refractivity contribution in [3.63, 3.8) is 0 Å². The third-order valence-corrected chi connectivity index (χ3v) is 6.33. The van der Waals surface area contributed by atoms with Gasteiger partial charge in [-0.3, -0.25) is 4.79 Å². The van der Waals surface area contributed by atoms with Crippen LogP contribution in [0.4, 0.5) is 0 Å². The Bertz CT molecular complexity index is 1140. The fourth-order valence-corrected chi connectivity index (χ4v) is 4.47. The zero-order valence-electron chi connectivity index (χ0n) is 20.0. The summed E-state index contributed by atoms with van der Waals surface area (Å²) in [6, 6.07) is 25.8. The summed E-state index contributed by atoms with van der Waals surface area (Å²) in [5, 5.41) is 0. The van der Waals surface area contributed by atoms with Crippen molar-refractivity contribution in [2.24, 2.45) is 0 Å². The van der Waals surface area contributed by atoms with Gasteiger partial charge in [0.1, 0.15) is 5.75 Å². The van der Waals surface area contributed by atoms with Crippen LogP contribution in [0.25, 0.3) is 11.1 Å². The van der Waals surface area contributed by atoms with Crippen LogP contribution in [-0.2, 0) is 9.53 Å². The van der Waals surface area contributed by atoms with Crippen molar-refractivity contribution >= 4 is 11.9 Å². The van der Waals surface area contributed by atoms with Crippen molar-refractivity contribution in [2.75, 3.05) is 20.2 Å². The van der Waals surface area contributed by atoms with Gasteiger partial charge in [-0.1, -0.05) is 54.6 Å². The zero-order chi connectivity index (χ0) is 24.1. The van der Waals surface area contributed by atoms with E-state index in [1.54, 1.807) is 13.8 Å². The third kappa shape index (κ3) is 5.30. The van der Waals surface area contributed by atoms with Gasteiger partial charge in [0.15, 0.2) is 5.60 Å². The predicted molar refractivity (Wildman–Crippen MR) is 133 cm³/mol. The van der Waals surface area contributed by atoms with Gasteiger partial charge in [-0.25, -0.2) is 4.79 Å². The lowest BCUT2D eigenvalue weighted by Gasteiger charge is -2.33. The topological polar surface area (TPSA) is 55.8 Å². The van der Waals surface area contributed by atoms with Crippen LogP contribution in [0.1, 0.15) is 48.5 Å². The Balaban J connectivity index is 1.45. The fourth-order valence-electron chi connectivity index (χ4n) is 4.47. The summed E-state index contributed by atoms with van der Waals surface area (Å²) in [7, 11) is 1.35. The first kappa shape index (κ1) is 23.6. The van der Waals surface area contributed by atoms with Crippen LogP contribution in [0, 0.1) is 0 Å². The Morgan fingerprint density at radius 1 is 0.912 bits per heavy atom. The minimum Gasteiger partial charge on any atom is -0.476 e. The summed E-state index contributed by atoms with van der Waals surface area (Å²) < 4.78 is 10.8. The van der Waals surface area contributed by atoms with Crippen molar-refractivity contribution in [1.29, 1.82) is 0 Å². The quantitative estimate of drug-likeness (QED) is 0.445. The molecule has 1 aliphatic heterocycles. The molecule has 1 atom stereocenters. The molecule has 1 aliphatic rings. The molecule has 1 heterocycles. The molecule has 1 saturated heterocycles. The highest BCUT2D eigenvalue weighted by Crippen LogP contribution is 2.31. The van der Waals surface area contributed by atoms with Gasteiger partial charge in [-0.15, -0.1) is 0 Å². The number of piperidine rings is 1. The maximum Gasteiger partial charge on any atom is 0.349 e. The molecule has 0 bridgehead atoms. The van der Waals surface area contributed by atoms with Gasteiger partial charge in [-0.2, -0.15) is 0 Å². The highest BCUT2D eigenvalue weighted by atomic mass is 16.6. The third-order valence-electron chi connectivity index (χ3n) is 6.33. The van der Waals surface area contributed by atoms with Crippen LogP contribution in [0.3, 0.4) is 0 Å². The minimum absolute atomic E-state index is 0.0588. The second kappa shape index (κ2) is 10.1. The standard InChI is InChI=1S/C29H31NO4/c1-29(2,28(32)33-3)34-26-13-7-11-24(19-26)25-12-8-18-30(20-25)27(31)23-16-14-22(15-17-23)21-9-5-4-6-10-21/h4-7,9-11,13-17,19,25H,8,12,18,20H2,1-3H3. The van der Waals surface area contributed by atoms with E-state index < -0.39 is 11.6 Å². The monoisotopic (exact) mass is 457 g/mol. The fraction of sp³-hybridized carbons (Fsp3) is 0.310. The van der Waals surface area contributed by atoms with Gasteiger partial charge in [0.05, 0.1) is 7.11 Å². The van der Waals surface area contributed by atoms with E-state index in [9.17, 15) is 9.59 Å². The number of esters is 1. The number of likely N-dealkylation sites (tertiary alicyclic amines) is 1. The predicted octanol–water partition coefficient (Wildman–Crippen LogP) is 5.70. The van der Waals surface area contributed by atoms with Crippen LogP contribution >= 0.6 is 0 Å². The first-order chi connectivity index (χ1) is 16.4. The smallest absolute Gasteiger partial charge is 0.349 e. The second-order valence-electron chi connectivity index (χ2n) is 9.21. The molecule has 0 aliphatic carbocycles. The van der Waals surface area contributed by atoms with E-state index in [4.69, 9.17) is 9.47 Å². The summed E-state index contributed by atoms with van der Waals surface area (Å²) in [6.45, 7) is 4.79. The number of hydrogen-bond acceptors (Lipinski definition) is 4. The highest BCUT2D eigenvalue weighted by molar-refractivity contribution is 5.94. The van der Waals surface area contributed by atoms with Gasteiger partial charge < -0.3 is 14.4 Å². The van der Waals surface area contributed by atoms with E-state index in [1.807, 2.05) is 65.6 Å². The van der Waals surface area contributed by atoms with Gasteiger partial charge in [-0.05, 0) is 67.6 Å². The molecule has 3 aromatic rings. The van der Waals surface area contributed by atoms with Crippen molar-refractivity contribution in [2.45, 2.75) is 38.2 Å². The van der Waals surface area contributed by atoms with Crippen molar-refractivity contribution in [1.82, 2.24) is 4.90 Å². The Morgan fingerprint density at radius 2 is 1.62 bits per heavy atom. The normalized spacial score (nSPS) is 16.1. The van der Waals surface area contributed by atoms with E-state index in [2.05, 4.69) is 18.2 Å². The Hall–Kier alpha value is -3.60. The molecule has 0 N–H and O–H groups in total. The largest absolute Gasteiger partial charge is 0.476 e. The van der Waals surface area contributed by atoms with Gasteiger partial charge in [0, 0.05) is 24.6 Å². The molecular formula is C29H31NO4. The molecule has 3 aromatic carbocycles. The maximum atomic E-state index is 13.2. The summed E-state index contributed by atoms with van der Waals surface area (Å²) >= 11 is 0. The van der Waals surface area contributed by atoms with Crippen LogP contribution in [0.5, 0.6) is 5.75 Å². The van der Waals surface area contributed by atoms with Crippen LogP contribution < -0.4 is 4.74 Å². The number of ether oxygens (including phenoxy) is 2. The van der Waals surface area contributed by atoms with Crippen LogP contribution in [0.15, 0.2) is 78.9 Å². The van der Waals surface area contributed by atoms with E-state index in [-0.39, 0.29) is 11.8 Å². The van der Waals surface area contributed by atoms with E-state index >= 15 is 0 Å². The molecule has 176 valence electrons. The number of benzene rings is 3. The SMILES string of the molecule is COC(=O)C(C)(C)Oc1cccc(C2CCCN(C(=O)c3ccc(-c4ccccc4)cc3)C2)c1. The number of nitrogens with zero attached hydrogens (tertiary/aromatic N) is 1. The Kier molecular flexibility index (Phi) is 7.01. The van der Waals surface area contributed by atoms with E-state index in [0.717, 1.165) is 36.1 Å². The first-order valence-corrected chi connectivity index (χ1v) is 11.7. The Labute approximate surface area is 201 Å². The van der Waals surface area contributed by atoms with E-state index in [0.29, 0.717) is 17.9 Å². The van der Waals surface area contributed by atoms with Gasteiger partial charge >= 0.3 is 5.97 Å². The maximum absolute atomic E-state index is 13.2. The lowest BCUT2D eigenvalue weighted by Crippen LogP contribution is -2.39. The zero-order valence-corrected chi connectivity index (χ0v) is 20.0. The molecule has 0 aromatic heterocycles. The molecule has 0 radical (unpaired) electrons. The number of amides is 1. The number of rotatable bonds is 6. The summed E-state index contributed by atoms with van der Waals surface area (Å²) in [6.07, 6.45) is 1.94. The van der Waals surface area contributed by atoms with Crippen LogP contribution in [-0.4, -0.2) is 42.6 Å². The first-order valence-electron chi connectivity index (χ1n) is 11.7. The summed E-state index contributed by atoms with van der Waals surface area (Å²) in [5.74, 6) is 0.466. The van der Waals surface area contributed by atoms with Gasteiger partial charge in [0.25, 0.3) is 5.91 Å². The summed E-state index contributed by atoms with van der Waals surface area (Å²) in [5.41, 5.74) is 2.97. The molecule has 1 unspecified atom stereocenters.